The van der Waals surface area contributed by atoms with E-state index in [0.717, 1.165) is 13.0 Å². The first-order valence-electron chi connectivity index (χ1n) is 8.25. The number of carboxylic acid groups (broad SMARTS) is 2. The van der Waals surface area contributed by atoms with E-state index in [4.69, 9.17) is 0 Å². The van der Waals surface area contributed by atoms with Crippen molar-refractivity contribution in [2.24, 2.45) is 22.2 Å². The van der Waals surface area contributed by atoms with Crippen LogP contribution in [0.25, 0.3) is 0 Å². The van der Waals surface area contributed by atoms with Gasteiger partial charge in [0.15, 0.2) is 0 Å². The van der Waals surface area contributed by atoms with E-state index in [1.807, 2.05) is 20.8 Å². The number of hydrogen-bond donors (Lipinski definition) is 3. The molecule has 0 aromatic heterocycles. The Balaban J connectivity index is 2.30. The minimum absolute atomic E-state index is 0.233. The van der Waals surface area contributed by atoms with Crippen LogP contribution in [0.1, 0.15) is 59.8 Å². The summed E-state index contributed by atoms with van der Waals surface area (Å²) in [7, 11) is 0. The lowest BCUT2D eigenvalue weighted by atomic mass is 9.46. The highest BCUT2D eigenvalue weighted by Crippen LogP contribution is 2.61. The van der Waals surface area contributed by atoms with Gasteiger partial charge in [-0.15, -0.1) is 0 Å². The zero-order valence-corrected chi connectivity index (χ0v) is 14.1. The summed E-state index contributed by atoms with van der Waals surface area (Å²) in [5, 5.41) is 23.3. The lowest BCUT2D eigenvalue weighted by Crippen LogP contribution is -2.61. The van der Waals surface area contributed by atoms with Gasteiger partial charge in [-0.05, 0) is 56.9 Å². The maximum atomic E-state index is 12.1. The fraction of sp³-hybridized carbons (Fsp3) is 0.882. The molecule has 2 saturated carbocycles. The zero-order valence-electron chi connectivity index (χ0n) is 14.1. The summed E-state index contributed by atoms with van der Waals surface area (Å²) in [4.78, 5) is 24.2. The maximum absolute atomic E-state index is 12.1. The van der Waals surface area contributed by atoms with E-state index in [-0.39, 0.29) is 5.92 Å². The average molecular weight is 311 g/mol. The van der Waals surface area contributed by atoms with Crippen LogP contribution in [-0.2, 0) is 9.59 Å². The highest BCUT2D eigenvalue weighted by atomic mass is 16.4. The molecule has 0 aliphatic heterocycles. The topological polar surface area (TPSA) is 86.6 Å². The van der Waals surface area contributed by atoms with E-state index in [1.165, 1.54) is 12.8 Å². The first kappa shape index (κ1) is 17.3. The Kier molecular flexibility index (Phi) is 4.33. The number of nitrogens with one attached hydrogen (secondary N) is 1. The molecule has 0 aromatic rings. The summed E-state index contributed by atoms with van der Waals surface area (Å²) in [6.45, 7) is 7.99. The normalized spacial score (nSPS) is 36.1. The summed E-state index contributed by atoms with van der Waals surface area (Å²) in [5.74, 6) is -1.73. The SMILES string of the molecule is CC(C)(C)[C@]1(C(=O)O)CCC(CNC2CC2)C[C@]1(C)C(=O)O. The molecule has 5 heteroatoms. The zero-order chi connectivity index (χ0) is 16.8. The lowest BCUT2D eigenvalue weighted by Gasteiger charge is -2.55. The molecule has 0 amide bonds. The van der Waals surface area contributed by atoms with E-state index >= 15 is 0 Å². The van der Waals surface area contributed by atoms with Crippen molar-refractivity contribution in [3.63, 3.8) is 0 Å². The molecule has 126 valence electrons. The highest BCUT2D eigenvalue weighted by Gasteiger charge is 2.66. The highest BCUT2D eigenvalue weighted by molar-refractivity contribution is 5.87. The molecular weight excluding hydrogens is 282 g/mol. The third kappa shape index (κ3) is 2.64. The van der Waals surface area contributed by atoms with Gasteiger partial charge in [-0.2, -0.15) is 0 Å². The van der Waals surface area contributed by atoms with Crippen molar-refractivity contribution in [3.05, 3.63) is 0 Å². The van der Waals surface area contributed by atoms with E-state index in [9.17, 15) is 19.8 Å². The summed E-state index contributed by atoms with van der Waals surface area (Å²) >= 11 is 0. The first-order valence-corrected chi connectivity index (χ1v) is 8.25. The van der Waals surface area contributed by atoms with Crippen LogP contribution in [0.3, 0.4) is 0 Å². The van der Waals surface area contributed by atoms with E-state index in [0.29, 0.717) is 18.9 Å². The average Bonchev–Trinajstić information content (AvgIpc) is 3.18. The van der Waals surface area contributed by atoms with Crippen LogP contribution >= 0.6 is 0 Å². The second-order valence-electron chi connectivity index (χ2n) is 8.39. The number of rotatable bonds is 5. The van der Waals surface area contributed by atoms with Gasteiger partial charge in [0.25, 0.3) is 0 Å². The molecule has 1 unspecified atom stereocenters. The third-order valence-electron chi connectivity index (χ3n) is 5.96. The van der Waals surface area contributed by atoms with Gasteiger partial charge in [0.1, 0.15) is 0 Å². The van der Waals surface area contributed by atoms with Gasteiger partial charge in [-0.25, -0.2) is 0 Å². The van der Waals surface area contributed by atoms with Crippen molar-refractivity contribution in [2.45, 2.75) is 65.8 Å². The van der Waals surface area contributed by atoms with Gasteiger partial charge in [0, 0.05) is 6.04 Å². The van der Waals surface area contributed by atoms with E-state index < -0.39 is 28.2 Å². The molecule has 0 aromatic carbocycles. The predicted octanol–water partition coefficient (Wildman–Crippen LogP) is 2.75. The first-order chi connectivity index (χ1) is 10.0. The van der Waals surface area contributed by atoms with Gasteiger partial charge >= 0.3 is 11.9 Å². The minimum atomic E-state index is -1.24. The van der Waals surface area contributed by atoms with E-state index in [2.05, 4.69) is 5.32 Å². The van der Waals surface area contributed by atoms with Crippen LogP contribution in [0.4, 0.5) is 0 Å². The number of carboxylic acids is 2. The van der Waals surface area contributed by atoms with Crippen LogP contribution in [0.2, 0.25) is 0 Å². The smallest absolute Gasteiger partial charge is 0.311 e. The Morgan fingerprint density at radius 2 is 1.73 bits per heavy atom. The monoisotopic (exact) mass is 311 g/mol. The fourth-order valence-corrected chi connectivity index (χ4v) is 4.48. The predicted molar refractivity (Wildman–Crippen MR) is 83.6 cm³/mol. The van der Waals surface area contributed by atoms with Crippen molar-refractivity contribution in [2.75, 3.05) is 6.54 Å². The Morgan fingerprint density at radius 3 is 2.14 bits per heavy atom. The van der Waals surface area contributed by atoms with E-state index in [1.54, 1.807) is 6.92 Å². The molecular formula is C17H29NO4. The Hall–Kier alpha value is -1.10. The molecule has 0 radical (unpaired) electrons. The van der Waals surface area contributed by atoms with Gasteiger partial charge in [-0.1, -0.05) is 20.8 Å². The number of aliphatic carboxylic acids is 2. The van der Waals surface area contributed by atoms with Gasteiger partial charge in [0.05, 0.1) is 10.8 Å². The molecule has 0 bridgehead atoms. The molecule has 2 rings (SSSR count). The molecule has 0 saturated heterocycles. The van der Waals surface area contributed by atoms with Crippen LogP contribution < -0.4 is 5.32 Å². The minimum Gasteiger partial charge on any atom is -0.481 e. The molecule has 2 fully saturated rings. The quantitative estimate of drug-likeness (QED) is 0.727. The number of hydrogen-bond acceptors (Lipinski definition) is 3. The molecule has 0 spiro atoms. The molecule has 2 aliphatic carbocycles. The molecule has 5 nitrogen and oxygen atoms in total. The standard InChI is InChI=1S/C17H29NO4/c1-15(2,3)17(14(21)22)8-7-11(10-18-12-5-6-12)9-16(17,4)13(19)20/h11-12,18H,5-10H2,1-4H3,(H,19,20)(H,21,22)/t11?,16-,17-/m1/s1. The summed E-state index contributed by atoms with van der Waals surface area (Å²) < 4.78 is 0. The largest absolute Gasteiger partial charge is 0.481 e. The molecule has 3 atom stereocenters. The van der Waals surface area contributed by atoms with Gasteiger partial charge in [0.2, 0.25) is 0 Å². The van der Waals surface area contributed by atoms with Crippen molar-refractivity contribution in [3.8, 4) is 0 Å². The molecule has 22 heavy (non-hydrogen) atoms. The van der Waals surface area contributed by atoms with Crippen molar-refractivity contribution in [1.82, 2.24) is 5.32 Å². The van der Waals surface area contributed by atoms with Crippen molar-refractivity contribution < 1.29 is 19.8 Å². The van der Waals surface area contributed by atoms with Crippen LogP contribution in [0.5, 0.6) is 0 Å². The van der Waals surface area contributed by atoms with Crippen LogP contribution in [0.15, 0.2) is 0 Å². The molecule has 0 heterocycles. The Labute approximate surface area is 132 Å². The summed E-state index contributed by atoms with van der Waals surface area (Å²) in [5.41, 5.74) is -3.09. The third-order valence-corrected chi connectivity index (χ3v) is 5.96. The second-order valence-corrected chi connectivity index (χ2v) is 8.39. The summed E-state index contributed by atoms with van der Waals surface area (Å²) in [6.07, 6.45) is 4.01. The molecule has 3 N–H and O–H groups in total. The number of carbonyl (C=O) groups is 2. The lowest BCUT2D eigenvalue weighted by molar-refractivity contribution is -0.195. The second kappa shape index (κ2) is 5.52. The Bertz CT molecular complexity index is 466. The molecule has 2 aliphatic rings. The van der Waals surface area contributed by atoms with Crippen molar-refractivity contribution >= 4 is 11.9 Å². The van der Waals surface area contributed by atoms with Crippen LogP contribution in [-0.4, -0.2) is 34.7 Å². The van der Waals surface area contributed by atoms with Crippen LogP contribution in [0, 0.1) is 22.2 Å². The Morgan fingerprint density at radius 1 is 1.14 bits per heavy atom. The summed E-state index contributed by atoms with van der Waals surface area (Å²) in [6, 6.07) is 0.588. The maximum Gasteiger partial charge on any atom is 0.311 e. The van der Waals surface area contributed by atoms with Crippen molar-refractivity contribution in [1.29, 1.82) is 0 Å². The van der Waals surface area contributed by atoms with Gasteiger partial charge in [-0.3, -0.25) is 9.59 Å². The van der Waals surface area contributed by atoms with Gasteiger partial charge < -0.3 is 15.5 Å². The fourth-order valence-electron chi connectivity index (χ4n) is 4.48.